The molecule has 0 bridgehead atoms. The minimum atomic E-state index is -0.315. The maximum Gasteiger partial charge on any atom is 0.319 e. The van der Waals surface area contributed by atoms with Gasteiger partial charge in [0.25, 0.3) is 0 Å². The predicted octanol–water partition coefficient (Wildman–Crippen LogP) is 4.14. The van der Waals surface area contributed by atoms with Gasteiger partial charge in [0.15, 0.2) is 5.65 Å². The maximum absolute atomic E-state index is 12.6. The number of hydrogen-bond acceptors (Lipinski definition) is 8. The molecule has 2 aliphatic rings. The minimum Gasteiger partial charge on any atom is -0.495 e. The molecule has 4 aromatic rings. The number of anilines is 2. The third-order valence-electron chi connectivity index (χ3n) is 8.60. The standard InChI is InChI=1S/C31H39N9O2/c1-38-14-16-39(17-15-38)23-9-11-24(12-10-23)40-30-27(29(32)34-20-35-30)28(37-40)22-8-13-25(26(18-22)42-2)36-31(41)33-19-21-6-4-3-5-7-21/h3-8,13,18,20,23-24H,9-12,14-17,19H2,1-2H3,(H2,32,34,35)(H2,33,36,41). The Balaban J connectivity index is 1.21. The summed E-state index contributed by atoms with van der Waals surface area (Å²) in [5.41, 5.74) is 10.3. The fraction of sp³-hybridized carbons (Fsp3) is 0.419. The number of likely N-dealkylation sites (N-methyl/N-ethyl adjacent to an activating group) is 1. The second-order valence-corrected chi connectivity index (χ2v) is 11.3. The molecule has 2 aromatic heterocycles. The van der Waals surface area contributed by atoms with Gasteiger partial charge in [-0.3, -0.25) is 4.90 Å². The van der Waals surface area contributed by atoms with Crippen LogP contribution in [0.4, 0.5) is 16.3 Å². The molecular weight excluding hydrogens is 530 g/mol. The molecule has 3 heterocycles. The molecule has 2 fully saturated rings. The third-order valence-corrected chi connectivity index (χ3v) is 8.60. The molecule has 1 aliphatic heterocycles. The number of amides is 2. The SMILES string of the molecule is COc1cc(-c2nn(C3CCC(N4CCN(C)CC4)CC3)c3ncnc(N)c23)ccc1NC(=O)NCc1ccccc1. The Hall–Kier alpha value is -4.22. The summed E-state index contributed by atoms with van der Waals surface area (Å²) in [6, 6.07) is 15.9. The average Bonchev–Trinajstić information content (AvgIpc) is 3.42. The Bertz CT molecular complexity index is 1520. The van der Waals surface area contributed by atoms with Crippen molar-refractivity contribution >= 4 is 28.6 Å². The summed E-state index contributed by atoms with van der Waals surface area (Å²) in [5, 5.41) is 11.6. The van der Waals surface area contributed by atoms with Crippen LogP contribution in [-0.4, -0.2) is 82.0 Å². The zero-order chi connectivity index (χ0) is 29.1. The van der Waals surface area contributed by atoms with E-state index in [1.165, 1.54) is 6.33 Å². The van der Waals surface area contributed by atoms with Gasteiger partial charge in [0.05, 0.1) is 24.2 Å². The van der Waals surface area contributed by atoms with E-state index in [2.05, 4.69) is 42.1 Å². The van der Waals surface area contributed by atoms with Crippen LogP contribution in [-0.2, 0) is 6.54 Å². The van der Waals surface area contributed by atoms with E-state index in [4.69, 9.17) is 15.6 Å². The highest BCUT2D eigenvalue weighted by molar-refractivity contribution is 5.99. The summed E-state index contributed by atoms with van der Waals surface area (Å²) in [6.45, 7) is 4.99. The van der Waals surface area contributed by atoms with Gasteiger partial charge in [-0.2, -0.15) is 5.10 Å². The van der Waals surface area contributed by atoms with Crippen LogP contribution < -0.4 is 21.1 Å². The molecule has 0 unspecified atom stereocenters. The fourth-order valence-electron chi connectivity index (χ4n) is 6.19. The van der Waals surface area contributed by atoms with Gasteiger partial charge in [0.2, 0.25) is 0 Å². The number of nitrogens with one attached hydrogen (secondary N) is 2. The largest absolute Gasteiger partial charge is 0.495 e. The lowest BCUT2D eigenvalue weighted by molar-refractivity contribution is 0.0815. The summed E-state index contributed by atoms with van der Waals surface area (Å²) in [7, 11) is 3.78. The van der Waals surface area contributed by atoms with Crippen molar-refractivity contribution in [3.05, 3.63) is 60.4 Å². The van der Waals surface area contributed by atoms with Crippen molar-refractivity contribution in [3.63, 3.8) is 0 Å². The minimum absolute atomic E-state index is 0.246. The molecular formula is C31H39N9O2. The van der Waals surface area contributed by atoms with E-state index in [0.717, 1.165) is 74.0 Å². The quantitative estimate of drug-likeness (QED) is 0.303. The molecule has 0 atom stereocenters. The smallest absolute Gasteiger partial charge is 0.319 e. The average molecular weight is 570 g/mol. The number of hydrogen-bond donors (Lipinski definition) is 3. The molecule has 0 spiro atoms. The summed E-state index contributed by atoms with van der Waals surface area (Å²) < 4.78 is 7.72. The first-order valence-corrected chi connectivity index (χ1v) is 14.7. The normalized spacial score (nSPS) is 20.0. The van der Waals surface area contributed by atoms with Crippen molar-refractivity contribution in [2.45, 2.75) is 44.3 Å². The first-order chi connectivity index (χ1) is 20.5. The lowest BCUT2D eigenvalue weighted by atomic mass is 9.90. The zero-order valence-electron chi connectivity index (χ0n) is 24.3. The van der Waals surface area contributed by atoms with Gasteiger partial charge in [-0.05, 0) is 50.4 Å². The van der Waals surface area contributed by atoms with Crippen molar-refractivity contribution in [2.75, 3.05) is 51.4 Å². The van der Waals surface area contributed by atoms with E-state index in [0.29, 0.717) is 35.5 Å². The van der Waals surface area contributed by atoms with Gasteiger partial charge in [0.1, 0.15) is 23.6 Å². The number of aromatic nitrogens is 4. The van der Waals surface area contributed by atoms with Crippen molar-refractivity contribution in [3.8, 4) is 17.0 Å². The van der Waals surface area contributed by atoms with Crippen LogP contribution in [0.25, 0.3) is 22.3 Å². The molecule has 220 valence electrons. The number of carbonyl (C=O) groups is 1. The monoisotopic (exact) mass is 569 g/mol. The Morgan fingerprint density at radius 2 is 1.74 bits per heavy atom. The van der Waals surface area contributed by atoms with Gasteiger partial charge >= 0.3 is 6.03 Å². The second-order valence-electron chi connectivity index (χ2n) is 11.3. The lowest BCUT2D eigenvalue weighted by Crippen LogP contribution is -2.49. The highest BCUT2D eigenvalue weighted by Gasteiger charge is 2.30. The Morgan fingerprint density at radius 1 is 1.00 bits per heavy atom. The number of benzene rings is 2. The second kappa shape index (κ2) is 12.3. The summed E-state index contributed by atoms with van der Waals surface area (Å²) in [6.07, 6.45) is 5.89. The molecule has 0 radical (unpaired) electrons. The van der Waals surface area contributed by atoms with Crippen LogP contribution in [0.5, 0.6) is 5.75 Å². The maximum atomic E-state index is 12.6. The number of fused-ring (bicyclic) bond motifs is 1. The number of ether oxygens (including phenoxy) is 1. The number of nitrogen functional groups attached to an aromatic ring is 1. The highest BCUT2D eigenvalue weighted by Crippen LogP contribution is 2.39. The number of nitrogens with two attached hydrogens (primary N) is 1. The van der Waals surface area contributed by atoms with Crippen LogP contribution in [0, 0.1) is 0 Å². The first kappa shape index (κ1) is 27.9. The Morgan fingerprint density at radius 3 is 2.48 bits per heavy atom. The topological polar surface area (TPSA) is 126 Å². The molecule has 2 aromatic carbocycles. The molecule has 1 aliphatic carbocycles. The zero-order valence-corrected chi connectivity index (χ0v) is 24.3. The molecule has 11 heteroatoms. The van der Waals surface area contributed by atoms with Gasteiger partial charge in [-0.25, -0.2) is 19.4 Å². The molecule has 11 nitrogen and oxygen atoms in total. The predicted molar refractivity (Wildman–Crippen MR) is 164 cm³/mol. The molecule has 2 amide bonds. The fourth-order valence-corrected chi connectivity index (χ4v) is 6.19. The van der Waals surface area contributed by atoms with Crippen molar-refractivity contribution in [2.24, 2.45) is 0 Å². The van der Waals surface area contributed by atoms with Gasteiger partial charge < -0.3 is 26.0 Å². The van der Waals surface area contributed by atoms with Crippen molar-refractivity contribution in [1.82, 2.24) is 34.9 Å². The van der Waals surface area contributed by atoms with Crippen LogP contribution in [0.3, 0.4) is 0 Å². The number of piperazine rings is 1. The number of methoxy groups -OCH3 is 1. The van der Waals surface area contributed by atoms with E-state index in [9.17, 15) is 4.79 Å². The molecule has 1 saturated carbocycles. The summed E-state index contributed by atoms with van der Waals surface area (Å²) >= 11 is 0. The molecule has 4 N–H and O–H groups in total. The van der Waals surface area contributed by atoms with E-state index >= 15 is 0 Å². The van der Waals surface area contributed by atoms with Crippen molar-refractivity contribution in [1.29, 1.82) is 0 Å². The van der Waals surface area contributed by atoms with Crippen LogP contribution in [0.2, 0.25) is 0 Å². The lowest BCUT2D eigenvalue weighted by Gasteiger charge is -2.41. The molecule has 1 saturated heterocycles. The first-order valence-electron chi connectivity index (χ1n) is 14.7. The van der Waals surface area contributed by atoms with E-state index < -0.39 is 0 Å². The summed E-state index contributed by atoms with van der Waals surface area (Å²) in [4.78, 5) is 26.6. The van der Waals surface area contributed by atoms with Crippen molar-refractivity contribution < 1.29 is 9.53 Å². The molecule has 42 heavy (non-hydrogen) atoms. The van der Waals surface area contributed by atoms with Gasteiger partial charge in [0, 0.05) is 44.3 Å². The van der Waals surface area contributed by atoms with Crippen LogP contribution in [0.15, 0.2) is 54.9 Å². The molecule has 6 rings (SSSR count). The number of carbonyl (C=O) groups excluding carboxylic acids is 1. The summed E-state index contributed by atoms with van der Waals surface area (Å²) in [5.74, 6) is 0.919. The van der Waals surface area contributed by atoms with Gasteiger partial charge in [-0.1, -0.05) is 36.4 Å². The third kappa shape index (κ3) is 5.88. The van der Waals surface area contributed by atoms with Crippen LogP contribution >= 0.6 is 0 Å². The highest BCUT2D eigenvalue weighted by atomic mass is 16.5. The van der Waals surface area contributed by atoms with Crippen LogP contribution in [0.1, 0.15) is 37.3 Å². The number of rotatable bonds is 7. The van der Waals surface area contributed by atoms with E-state index in [-0.39, 0.29) is 12.1 Å². The van der Waals surface area contributed by atoms with E-state index in [1.54, 1.807) is 7.11 Å². The van der Waals surface area contributed by atoms with E-state index in [1.807, 2.05) is 48.5 Å². The van der Waals surface area contributed by atoms with Gasteiger partial charge in [-0.15, -0.1) is 0 Å². The number of urea groups is 1. The number of nitrogens with zero attached hydrogens (tertiary/aromatic N) is 6. The Labute approximate surface area is 246 Å². The Kier molecular flexibility index (Phi) is 8.20.